The van der Waals surface area contributed by atoms with Crippen molar-refractivity contribution in [1.29, 1.82) is 0 Å². The molecule has 1 unspecified atom stereocenters. The minimum absolute atomic E-state index is 0.328. The van der Waals surface area contributed by atoms with Gasteiger partial charge < -0.3 is 15.5 Å². The molecule has 0 radical (unpaired) electrons. The van der Waals surface area contributed by atoms with Crippen LogP contribution in [0.2, 0.25) is 0 Å². The molecule has 0 aromatic carbocycles. The summed E-state index contributed by atoms with van der Waals surface area (Å²) in [5.74, 6) is 0.727. The highest BCUT2D eigenvalue weighted by Crippen LogP contribution is 2.24. The van der Waals surface area contributed by atoms with Gasteiger partial charge >= 0.3 is 0 Å². The van der Waals surface area contributed by atoms with E-state index in [0.29, 0.717) is 30.8 Å². The van der Waals surface area contributed by atoms with Gasteiger partial charge in [0, 0.05) is 32.1 Å². The number of hydrogen-bond acceptors (Lipinski definition) is 3. The maximum absolute atomic E-state index is 11.9. The van der Waals surface area contributed by atoms with Crippen molar-refractivity contribution >= 4 is 5.91 Å². The number of likely N-dealkylation sites (tertiary alicyclic amines) is 2. The molecule has 98 valence electrons. The van der Waals surface area contributed by atoms with Crippen LogP contribution in [0.5, 0.6) is 0 Å². The maximum atomic E-state index is 11.9. The van der Waals surface area contributed by atoms with Crippen molar-refractivity contribution in [3.05, 3.63) is 0 Å². The zero-order valence-corrected chi connectivity index (χ0v) is 10.9. The van der Waals surface area contributed by atoms with Crippen LogP contribution in [-0.4, -0.2) is 54.5 Å². The van der Waals surface area contributed by atoms with E-state index < -0.39 is 0 Å². The van der Waals surface area contributed by atoms with Crippen LogP contribution in [0, 0.1) is 5.92 Å². The average molecular weight is 239 g/mol. The third-order valence-electron chi connectivity index (χ3n) is 4.11. The summed E-state index contributed by atoms with van der Waals surface area (Å²) in [5, 5.41) is 0. The molecule has 2 fully saturated rings. The first-order valence-corrected chi connectivity index (χ1v) is 6.96. The predicted molar refractivity (Wildman–Crippen MR) is 68.6 cm³/mol. The quantitative estimate of drug-likeness (QED) is 0.784. The fourth-order valence-corrected chi connectivity index (χ4v) is 3.09. The second-order valence-corrected chi connectivity index (χ2v) is 5.42. The molecule has 2 rings (SSSR count). The molecule has 2 N–H and O–H groups in total. The highest BCUT2D eigenvalue weighted by molar-refractivity contribution is 5.79. The summed E-state index contributed by atoms with van der Waals surface area (Å²) < 4.78 is 0. The molecular weight excluding hydrogens is 214 g/mol. The minimum Gasteiger partial charge on any atom is -0.339 e. The van der Waals surface area contributed by atoms with Gasteiger partial charge in [-0.15, -0.1) is 0 Å². The van der Waals surface area contributed by atoms with Gasteiger partial charge in [0.15, 0.2) is 0 Å². The minimum atomic E-state index is 0.328. The molecule has 2 aliphatic heterocycles. The van der Waals surface area contributed by atoms with Crippen LogP contribution < -0.4 is 5.73 Å². The van der Waals surface area contributed by atoms with Crippen LogP contribution in [0.15, 0.2) is 0 Å². The summed E-state index contributed by atoms with van der Waals surface area (Å²) in [6.45, 7) is 7.27. The zero-order valence-electron chi connectivity index (χ0n) is 10.9. The Morgan fingerprint density at radius 1 is 1.35 bits per heavy atom. The molecule has 2 heterocycles. The largest absolute Gasteiger partial charge is 0.339 e. The van der Waals surface area contributed by atoms with E-state index in [2.05, 4.69) is 16.7 Å². The van der Waals surface area contributed by atoms with Gasteiger partial charge in [0.25, 0.3) is 0 Å². The first-order chi connectivity index (χ1) is 8.24. The van der Waals surface area contributed by atoms with Gasteiger partial charge in [0.05, 0.1) is 0 Å². The number of nitrogens with zero attached hydrogens (tertiary/aromatic N) is 2. The molecule has 17 heavy (non-hydrogen) atoms. The Bertz CT molecular complexity index is 261. The number of carbonyl (C=O) groups is 1. The second kappa shape index (κ2) is 5.83. The lowest BCUT2D eigenvalue weighted by molar-refractivity contribution is -0.130. The average Bonchev–Trinajstić information content (AvgIpc) is 2.72. The van der Waals surface area contributed by atoms with Crippen LogP contribution >= 0.6 is 0 Å². The summed E-state index contributed by atoms with van der Waals surface area (Å²) in [4.78, 5) is 16.5. The Hall–Kier alpha value is -0.610. The lowest BCUT2D eigenvalue weighted by Crippen LogP contribution is -2.45. The Balaban J connectivity index is 1.82. The Morgan fingerprint density at radius 2 is 2.06 bits per heavy atom. The van der Waals surface area contributed by atoms with Gasteiger partial charge in [-0.05, 0) is 38.3 Å². The fourth-order valence-electron chi connectivity index (χ4n) is 3.09. The molecule has 1 atom stereocenters. The molecule has 2 aliphatic rings. The predicted octanol–water partition coefficient (Wildman–Crippen LogP) is 0.668. The maximum Gasteiger partial charge on any atom is 0.223 e. The smallest absolute Gasteiger partial charge is 0.223 e. The number of hydrogen-bond donors (Lipinski definition) is 1. The van der Waals surface area contributed by atoms with Crippen molar-refractivity contribution in [3.63, 3.8) is 0 Å². The van der Waals surface area contributed by atoms with Gasteiger partial charge in [-0.3, -0.25) is 4.79 Å². The van der Waals surface area contributed by atoms with Crippen LogP contribution in [-0.2, 0) is 4.79 Å². The van der Waals surface area contributed by atoms with Crippen LogP contribution in [0.4, 0.5) is 0 Å². The molecule has 4 heteroatoms. The van der Waals surface area contributed by atoms with E-state index in [0.717, 1.165) is 32.5 Å². The molecule has 0 aromatic rings. The van der Waals surface area contributed by atoms with Crippen molar-refractivity contribution in [2.45, 2.75) is 38.6 Å². The van der Waals surface area contributed by atoms with E-state index >= 15 is 0 Å². The molecule has 1 amide bonds. The van der Waals surface area contributed by atoms with Crippen LogP contribution in [0.1, 0.15) is 32.6 Å². The summed E-state index contributed by atoms with van der Waals surface area (Å²) in [6, 6.07) is 0.479. The van der Waals surface area contributed by atoms with E-state index in [-0.39, 0.29) is 0 Å². The molecule has 2 saturated heterocycles. The van der Waals surface area contributed by atoms with Gasteiger partial charge in [0.1, 0.15) is 0 Å². The molecule has 0 aliphatic carbocycles. The fraction of sp³-hybridized carbons (Fsp3) is 0.923. The highest BCUT2D eigenvalue weighted by Gasteiger charge is 2.34. The third kappa shape index (κ3) is 2.99. The SMILES string of the molecule is CCCN1CCC(N2CC(CN)CC2=O)CC1. The number of rotatable bonds is 4. The molecule has 0 bridgehead atoms. The van der Waals surface area contributed by atoms with E-state index in [1.165, 1.54) is 13.0 Å². The van der Waals surface area contributed by atoms with Gasteiger partial charge in [0.2, 0.25) is 5.91 Å². The van der Waals surface area contributed by atoms with Gasteiger partial charge in [-0.25, -0.2) is 0 Å². The van der Waals surface area contributed by atoms with E-state index in [1.54, 1.807) is 0 Å². The Labute approximate surface area is 104 Å². The number of carbonyl (C=O) groups excluding carboxylic acids is 1. The Kier molecular flexibility index (Phi) is 4.40. The zero-order chi connectivity index (χ0) is 12.3. The van der Waals surface area contributed by atoms with Crippen LogP contribution in [0.25, 0.3) is 0 Å². The molecule has 0 spiro atoms. The summed E-state index contributed by atoms with van der Waals surface area (Å²) in [5.41, 5.74) is 5.66. The second-order valence-electron chi connectivity index (χ2n) is 5.42. The molecular formula is C13H25N3O. The Morgan fingerprint density at radius 3 is 2.59 bits per heavy atom. The molecule has 0 aromatic heterocycles. The lowest BCUT2D eigenvalue weighted by atomic mass is 10.0. The summed E-state index contributed by atoms with van der Waals surface area (Å²) in [7, 11) is 0. The number of piperidine rings is 1. The van der Waals surface area contributed by atoms with Gasteiger partial charge in [-0.1, -0.05) is 6.92 Å². The first kappa shape index (κ1) is 12.8. The summed E-state index contributed by atoms with van der Waals surface area (Å²) in [6.07, 6.45) is 4.18. The normalized spacial score (nSPS) is 28.0. The monoisotopic (exact) mass is 239 g/mol. The standard InChI is InChI=1S/C13H25N3O/c1-2-5-15-6-3-12(4-7-15)16-10-11(9-14)8-13(16)17/h11-12H,2-10,14H2,1H3. The molecule has 0 saturated carbocycles. The van der Waals surface area contributed by atoms with Crippen molar-refractivity contribution < 1.29 is 4.79 Å². The number of nitrogens with two attached hydrogens (primary N) is 1. The van der Waals surface area contributed by atoms with E-state index in [9.17, 15) is 4.79 Å². The lowest BCUT2D eigenvalue weighted by Gasteiger charge is -2.36. The third-order valence-corrected chi connectivity index (χ3v) is 4.11. The van der Waals surface area contributed by atoms with Crippen LogP contribution in [0.3, 0.4) is 0 Å². The first-order valence-electron chi connectivity index (χ1n) is 6.96. The summed E-state index contributed by atoms with van der Waals surface area (Å²) >= 11 is 0. The van der Waals surface area contributed by atoms with Crippen molar-refractivity contribution in [2.75, 3.05) is 32.7 Å². The van der Waals surface area contributed by atoms with E-state index in [4.69, 9.17) is 5.73 Å². The van der Waals surface area contributed by atoms with E-state index in [1.807, 2.05) is 0 Å². The topological polar surface area (TPSA) is 49.6 Å². The molecule has 4 nitrogen and oxygen atoms in total. The number of amides is 1. The van der Waals surface area contributed by atoms with Crippen molar-refractivity contribution in [1.82, 2.24) is 9.80 Å². The van der Waals surface area contributed by atoms with Crippen molar-refractivity contribution in [3.8, 4) is 0 Å². The van der Waals surface area contributed by atoms with Gasteiger partial charge in [-0.2, -0.15) is 0 Å². The van der Waals surface area contributed by atoms with Crippen molar-refractivity contribution in [2.24, 2.45) is 11.7 Å². The highest BCUT2D eigenvalue weighted by atomic mass is 16.2.